The Labute approximate surface area is 160 Å². The number of hydrogen-bond acceptors (Lipinski definition) is 5. The van der Waals surface area contributed by atoms with Crippen LogP contribution in [0.4, 0.5) is 0 Å². The van der Waals surface area contributed by atoms with Gasteiger partial charge in [-0.25, -0.2) is 4.68 Å². The fraction of sp³-hybridized carbons (Fsp3) is 0.286. The fourth-order valence-electron chi connectivity index (χ4n) is 2.50. The Kier molecular flexibility index (Phi) is 6.34. The highest BCUT2D eigenvalue weighted by Crippen LogP contribution is 2.21. The van der Waals surface area contributed by atoms with Gasteiger partial charge < -0.3 is 9.80 Å². The summed E-state index contributed by atoms with van der Waals surface area (Å²) in [5.74, 6) is -0.555. The van der Waals surface area contributed by atoms with E-state index in [1.807, 2.05) is 59.4 Å². The number of allylic oxidation sites excluding steroid dienone is 2. The molecule has 0 bridgehead atoms. The standard InChI is InChI=1S/C21H26N4O2/c1-15-7-9-17(10-8-15)25-16(2)20(18(26)11-13-23(3)4)21(22-25)19(27)12-14-24(5)6/h7-14H,1-6H3/b13-11+,14-12+. The molecule has 0 saturated heterocycles. The minimum Gasteiger partial charge on any atom is -0.383 e. The first kappa shape index (κ1) is 20.2. The first-order chi connectivity index (χ1) is 12.7. The molecule has 0 spiro atoms. The van der Waals surface area contributed by atoms with Gasteiger partial charge in [0.25, 0.3) is 0 Å². The Morgan fingerprint density at radius 3 is 1.93 bits per heavy atom. The maximum absolute atomic E-state index is 12.8. The third-order valence-electron chi connectivity index (χ3n) is 3.92. The van der Waals surface area contributed by atoms with E-state index in [4.69, 9.17) is 0 Å². The van der Waals surface area contributed by atoms with Crippen LogP contribution in [0.25, 0.3) is 5.69 Å². The Bertz CT molecular complexity index is 888. The number of carbonyl (C=O) groups excluding carboxylic acids is 2. The van der Waals surface area contributed by atoms with E-state index in [-0.39, 0.29) is 17.3 Å². The van der Waals surface area contributed by atoms with Crippen LogP contribution < -0.4 is 0 Å². The summed E-state index contributed by atoms with van der Waals surface area (Å²) in [7, 11) is 7.31. The average Bonchev–Trinajstić information content (AvgIpc) is 2.95. The molecule has 0 saturated carbocycles. The third kappa shape index (κ3) is 4.94. The molecule has 6 nitrogen and oxygen atoms in total. The monoisotopic (exact) mass is 366 g/mol. The number of aromatic nitrogens is 2. The van der Waals surface area contributed by atoms with Crippen LogP contribution in [0.15, 0.2) is 48.8 Å². The zero-order valence-corrected chi connectivity index (χ0v) is 16.7. The van der Waals surface area contributed by atoms with E-state index < -0.39 is 0 Å². The van der Waals surface area contributed by atoms with Gasteiger partial charge in [0.05, 0.1) is 16.9 Å². The molecule has 1 heterocycles. The molecule has 0 N–H and O–H groups in total. The van der Waals surface area contributed by atoms with E-state index >= 15 is 0 Å². The first-order valence-electron chi connectivity index (χ1n) is 8.65. The summed E-state index contributed by atoms with van der Waals surface area (Å²) in [6.07, 6.45) is 6.19. The van der Waals surface area contributed by atoms with Gasteiger partial charge in [0.2, 0.25) is 5.78 Å². The van der Waals surface area contributed by atoms with Crippen LogP contribution in [-0.2, 0) is 0 Å². The molecule has 2 rings (SSSR count). The van der Waals surface area contributed by atoms with Crippen molar-refractivity contribution >= 4 is 11.6 Å². The molecular weight excluding hydrogens is 340 g/mol. The molecule has 2 aromatic rings. The summed E-state index contributed by atoms with van der Waals surface area (Å²) in [5.41, 5.74) is 3.04. The number of aryl methyl sites for hydroxylation is 1. The van der Waals surface area contributed by atoms with E-state index in [2.05, 4.69) is 5.10 Å². The van der Waals surface area contributed by atoms with E-state index in [9.17, 15) is 9.59 Å². The molecule has 6 heteroatoms. The van der Waals surface area contributed by atoms with Gasteiger partial charge >= 0.3 is 0 Å². The van der Waals surface area contributed by atoms with Crippen molar-refractivity contribution in [3.05, 3.63) is 71.3 Å². The molecule has 0 amide bonds. The van der Waals surface area contributed by atoms with Gasteiger partial charge in [-0.3, -0.25) is 9.59 Å². The van der Waals surface area contributed by atoms with Gasteiger partial charge in [-0.2, -0.15) is 5.10 Å². The second kappa shape index (κ2) is 8.49. The van der Waals surface area contributed by atoms with Crippen molar-refractivity contribution in [2.45, 2.75) is 13.8 Å². The highest BCUT2D eigenvalue weighted by atomic mass is 16.1. The quantitative estimate of drug-likeness (QED) is 0.557. The molecule has 27 heavy (non-hydrogen) atoms. The minimum absolute atomic E-state index is 0.152. The highest BCUT2D eigenvalue weighted by molar-refractivity contribution is 6.15. The molecular formula is C21H26N4O2. The SMILES string of the molecule is Cc1ccc(-n2nc(C(=O)/C=C/N(C)C)c(C(=O)/C=C/N(C)C)c2C)cc1. The van der Waals surface area contributed by atoms with Gasteiger partial charge in [-0.05, 0) is 26.0 Å². The van der Waals surface area contributed by atoms with Crippen LogP contribution in [-0.4, -0.2) is 59.3 Å². The number of nitrogens with zero attached hydrogens (tertiary/aromatic N) is 4. The predicted molar refractivity (Wildman–Crippen MR) is 107 cm³/mol. The zero-order valence-electron chi connectivity index (χ0n) is 16.7. The normalized spacial score (nSPS) is 11.3. The van der Waals surface area contributed by atoms with Gasteiger partial charge in [-0.15, -0.1) is 0 Å². The van der Waals surface area contributed by atoms with Crippen LogP contribution >= 0.6 is 0 Å². The number of carbonyl (C=O) groups is 2. The fourth-order valence-corrected chi connectivity index (χ4v) is 2.50. The van der Waals surface area contributed by atoms with Crippen molar-refractivity contribution in [2.24, 2.45) is 0 Å². The lowest BCUT2D eigenvalue weighted by Crippen LogP contribution is -2.09. The molecule has 0 aliphatic carbocycles. The zero-order chi connectivity index (χ0) is 20.1. The molecule has 0 radical (unpaired) electrons. The lowest BCUT2D eigenvalue weighted by atomic mass is 10.1. The van der Waals surface area contributed by atoms with E-state index in [0.29, 0.717) is 11.3 Å². The maximum atomic E-state index is 12.8. The number of ketones is 2. The van der Waals surface area contributed by atoms with Crippen molar-refractivity contribution in [1.82, 2.24) is 19.6 Å². The summed E-state index contributed by atoms with van der Waals surface area (Å²) in [5, 5.41) is 4.46. The molecule has 0 unspecified atom stereocenters. The Balaban J connectivity index is 2.58. The van der Waals surface area contributed by atoms with Gasteiger partial charge in [0.1, 0.15) is 5.69 Å². The molecule has 1 aromatic heterocycles. The largest absolute Gasteiger partial charge is 0.383 e. The van der Waals surface area contributed by atoms with E-state index in [0.717, 1.165) is 11.3 Å². The summed E-state index contributed by atoms with van der Waals surface area (Å²) in [4.78, 5) is 29.0. The van der Waals surface area contributed by atoms with Crippen molar-refractivity contribution in [3.63, 3.8) is 0 Å². The molecule has 142 valence electrons. The predicted octanol–water partition coefficient (Wildman–Crippen LogP) is 3.01. The Morgan fingerprint density at radius 1 is 0.889 bits per heavy atom. The second-order valence-electron chi connectivity index (χ2n) is 6.84. The van der Waals surface area contributed by atoms with Crippen molar-refractivity contribution in [1.29, 1.82) is 0 Å². The Morgan fingerprint density at radius 2 is 1.41 bits per heavy atom. The lowest BCUT2D eigenvalue weighted by Gasteiger charge is -2.05. The summed E-state index contributed by atoms with van der Waals surface area (Å²) in [6.45, 7) is 3.80. The second-order valence-corrected chi connectivity index (χ2v) is 6.84. The van der Waals surface area contributed by atoms with Crippen molar-refractivity contribution in [3.8, 4) is 5.69 Å². The topological polar surface area (TPSA) is 58.4 Å². The summed E-state index contributed by atoms with van der Waals surface area (Å²) in [6, 6.07) is 7.78. The van der Waals surface area contributed by atoms with Gasteiger partial charge in [-0.1, -0.05) is 17.7 Å². The van der Waals surface area contributed by atoms with Crippen LogP contribution in [0, 0.1) is 13.8 Å². The minimum atomic E-state index is -0.306. The van der Waals surface area contributed by atoms with Crippen molar-refractivity contribution < 1.29 is 9.59 Å². The molecule has 1 aromatic carbocycles. The number of benzene rings is 1. The van der Waals surface area contributed by atoms with Crippen LogP contribution in [0.1, 0.15) is 32.1 Å². The van der Waals surface area contributed by atoms with Gasteiger partial charge in [0.15, 0.2) is 5.78 Å². The average molecular weight is 366 g/mol. The lowest BCUT2D eigenvalue weighted by molar-refractivity contribution is 0.101. The molecule has 0 aliphatic heterocycles. The van der Waals surface area contributed by atoms with E-state index in [1.165, 1.54) is 12.2 Å². The first-order valence-corrected chi connectivity index (χ1v) is 8.65. The van der Waals surface area contributed by atoms with Crippen LogP contribution in [0.3, 0.4) is 0 Å². The van der Waals surface area contributed by atoms with Crippen molar-refractivity contribution in [2.75, 3.05) is 28.2 Å². The smallest absolute Gasteiger partial charge is 0.208 e. The number of rotatable bonds is 7. The maximum Gasteiger partial charge on any atom is 0.208 e. The third-order valence-corrected chi connectivity index (χ3v) is 3.92. The highest BCUT2D eigenvalue weighted by Gasteiger charge is 2.24. The summed E-state index contributed by atoms with van der Waals surface area (Å²) < 4.78 is 1.65. The number of hydrogen-bond donors (Lipinski definition) is 0. The molecule has 0 aliphatic rings. The van der Waals surface area contributed by atoms with E-state index in [1.54, 1.807) is 33.8 Å². The summed E-state index contributed by atoms with van der Waals surface area (Å²) >= 11 is 0. The van der Waals surface area contributed by atoms with Crippen LogP contribution in [0.5, 0.6) is 0 Å². The van der Waals surface area contributed by atoms with Crippen LogP contribution in [0.2, 0.25) is 0 Å². The molecule has 0 atom stereocenters. The molecule has 0 fully saturated rings. The Hall–Kier alpha value is -3.15. The van der Waals surface area contributed by atoms with Gasteiger partial charge in [0, 0.05) is 52.7 Å².